The van der Waals surface area contributed by atoms with Crippen molar-refractivity contribution in [2.45, 2.75) is 19.3 Å². The summed E-state index contributed by atoms with van der Waals surface area (Å²) in [6.07, 6.45) is 3.97. The van der Waals surface area contributed by atoms with Crippen molar-refractivity contribution in [3.8, 4) is 0 Å². The summed E-state index contributed by atoms with van der Waals surface area (Å²) in [5.41, 5.74) is 0.862. The van der Waals surface area contributed by atoms with Crippen molar-refractivity contribution in [1.29, 1.82) is 0 Å². The number of rotatable bonds is 6. The van der Waals surface area contributed by atoms with Crippen LogP contribution in [0.25, 0.3) is 5.78 Å². The van der Waals surface area contributed by atoms with Crippen molar-refractivity contribution >= 4 is 17.5 Å². The fraction of sp³-hybridized carbons (Fsp3) is 0.375. The van der Waals surface area contributed by atoms with Gasteiger partial charge in [0.25, 0.3) is 5.78 Å². The summed E-state index contributed by atoms with van der Waals surface area (Å²) in [7, 11) is 0. The molecule has 0 saturated heterocycles. The molecule has 0 spiro atoms. The third-order valence-corrected chi connectivity index (χ3v) is 4.15. The number of nitrogens with one attached hydrogen (secondary N) is 2. The first-order chi connectivity index (χ1) is 11.7. The maximum atomic E-state index is 12.1. The van der Waals surface area contributed by atoms with E-state index >= 15 is 0 Å². The minimum Gasteiger partial charge on any atom is -0.469 e. The summed E-state index contributed by atoms with van der Waals surface area (Å²) in [5.74, 6) is 2.60. The largest absolute Gasteiger partial charge is 0.469 e. The molecule has 24 heavy (non-hydrogen) atoms. The average Bonchev–Trinajstić information content (AvgIpc) is 2.98. The van der Waals surface area contributed by atoms with Gasteiger partial charge in [0.2, 0.25) is 5.91 Å². The molecule has 0 aromatic carbocycles. The monoisotopic (exact) mass is 326 g/mol. The van der Waals surface area contributed by atoms with Gasteiger partial charge in [-0.2, -0.15) is 14.6 Å². The Morgan fingerprint density at radius 3 is 3.21 bits per heavy atom. The third-order valence-electron chi connectivity index (χ3n) is 4.15. The van der Waals surface area contributed by atoms with E-state index in [1.807, 2.05) is 25.1 Å². The predicted octanol–water partition coefficient (Wildman–Crippen LogP) is 1.36. The van der Waals surface area contributed by atoms with E-state index in [0.29, 0.717) is 18.9 Å². The minimum absolute atomic E-state index is 0.0290. The molecule has 1 saturated carbocycles. The van der Waals surface area contributed by atoms with Gasteiger partial charge in [0.05, 0.1) is 6.26 Å². The van der Waals surface area contributed by atoms with E-state index < -0.39 is 0 Å². The van der Waals surface area contributed by atoms with Crippen molar-refractivity contribution in [3.05, 3.63) is 42.2 Å². The Hall–Kier alpha value is -2.90. The Morgan fingerprint density at radius 1 is 1.46 bits per heavy atom. The van der Waals surface area contributed by atoms with Crippen molar-refractivity contribution in [2.24, 2.45) is 5.92 Å². The lowest BCUT2D eigenvalue weighted by molar-refractivity contribution is -0.122. The lowest BCUT2D eigenvalue weighted by Gasteiger charge is -2.09. The molecule has 2 N–H and O–H groups in total. The number of amides is 1. The summed E-state index contributed by atoms with van der Waals surface area (Å²) in [5, 5.41) is 10.3. The molecular weight excluding hydrogens is 308 g/mol. The number of carbonyl (C=O) groups is 1. The Bertz CT molecular complexity index is 857. The number of hydrogen-bond donors (Lipinski definition) is 2. The molecular formula is C16H18N6O2. The van der Waals surface area contributed by atoms with Gasteiger partial charge in [0, 0.05) is 36.7 Å². The first-order valence-electron chi connectivity index (χ1n) is 7.95. The number of nitrogens with zero attached hydrogens (tertiary/aromatic N) is 4. The van der Waals surface area contributed by atoms with E-state index in [1.165, 1.54) is 6.33 Å². The summed E-state index contributed by atoms with van der Waals surface area (Å²) in [6, 6.07) is 5.68. The van der Waals surface area contributed by atoms with Gasteiger partial charge in [-0.3, -0.25) is 4.79 Å². The highest BCUT2D eigenvalue weighted by atomic mass is 16.3. The quantitative estimate of drug-likeness (QED) is 0.664. The van der Waals surface area contributed by atoms with Crippen molar-refractivity contribution in [2.75, 3.05) is 18.4 Å². The van der Waals surface area contributed by atoms with Crippen LogP contribution in [-0.2, 0) is 4.79 Å². The smallest absolute Gasteiger partial charge is 0.254 e. The summed E-state index contributed by atoms with van der Waals surface area (Å²) < 4.78 is 6.99. The highest BCUT2D eigenvalue weighted by molar-refractivity contribution is 5.82. The van der Waals surface area contributed by atoms with Gasteiger partial charge >= 0.3 is 0 Å². The lowest BCUT2D eigenvalue weighted by Crippen LogP contribution is -2.30. The molecule has 4 rings (SSSR count). The number of carbonyl (C=O) groups excluding carboxylic acids is 1. The van der Waals surface area contributed by atoms with E-state index in [0.717, 1.165) is 23.7 Å². The molecule has 3 aromatic rings. The number of aryl methyl sites for hydroxylation is 1. The van der Waals surface area contributed by atoms with Gasteiger partial charge in [0.15, 0.2) is 0 Å². The minimum atomic E-state index is 0.0290. The van der Waals surface area contributed by atoms with Crippen LogP contribution in [0.1, 0.15) is 23.8 Å². The fourth-order valence-electron chi connectivity index (χ4n) is 2.87. The number of fused-ring (bicyclic) bond motifs is 1. The Labute approximate surface area is 138 Å². The zero-order chi connectivity index (χ0) is 16.5. The Morgan fingerprint density at radius 2 is 2.38 bits per heavy atom. The van der Waals surface area contributed by atoms with Crippen molar-refractivity contribution in [3.63, 3.8) is 0 Å². The highest BCUT2D eigenvalue weighted by Gasteiger charge is 2.45. The molecule has 0 bridgehead atoms. The van der Waals surface area contributed by atoms with Gasteiger partial charge in [-0.25, -0.2) is 4.98 Å². The molecule has 124 valence electrons. The number of anilines is 1. The van der Waals surface area contributed by atoms with E-state index in [9.17, 15) is 4.79 Å². The molecule has 8 nitrogen and oxygen atoms in total. The van der Waals surface area contributed by atoms with Crippen LogP contribution in [0, 0.1) is 12.8 Å². The van der Waals surface area contributed by atoms with Crippen molar-refractivity contribution < 1.29 is 9.21 Å². The van der Waals surface area contributed by atoms with E-state index in [4.69, 9.17) is 4.42 Å². The molecule has 1 aliphatic carbocycles. The highest BCUT2D eigenvalue weighted by Crippen LogP contribution is 2.47. The molecule has 1 fully saturated rings. The van der Waals surface area contributed by atoms with Crippen LogP contribution < -0.4 is 10.6 Å². The number of furan rings is 1. The molecule has 2 atom stereocenters. The zero-order valence-electron chi connectivity index (χ0n) is 13.3. The molecule has 3 aromatic heterocycles. The number of hydrogen-bond acceptors (Lipinski definition) is 6. The maximum absolute atomic E-state index is 12.1. The van der Waals surface area contributed by atoms with Crippen LogP contribution >= 0.6 is 0 Å². The van der Waals surface area contributed by atoms with Crippen LogP contribution in [0.15, 0.2) is 35.2 Å². The summed E-state index contributed by atoms with van der Waals surface area (Å²) in [4.78, 5) is 20.5. The van der Waals surface area contributed by atoms with Gasteiger partial charge in [-0.15, -0.1) is 0 Å². The Balaban J connectivity index is 1.27. The van der Waals surface area contributed by atoms with Crippen LogP contribution in [0.4, 0.5) is 5.82 Å². The number of aromatic nitrogens is 4. The molecule has 0 unspecified atom stereocenters. The standard InChI is InChI=1S/C16H18N6O2/c1-10-7-14(22-16(21-10)19-9-20-22)17-4-5-18-15(23)12-8-11(12)13-3-2-6-24-13/h2-3,6-7,9,11-12,17H,4-5,8H2,1H3,(H,18,23)/t11-,12-/m1/s1. The van der Waals surface area contributed by atoms with Crippen molar-refractivity contribution in [1.82, 2.24) is 24.9 Å². The Kier molecular flexibility index (Phi) is 3.64. The molecule has 0 aliphatic heterocycles. The molecule has 1 amide bonds. The topological polar surface area (TPSA) is 97.3 Å². The lowest BCUT2D eigenvalue weighted by atomic mass is 10.2. The molecule has 0 radical (unpaired) electrons. The van der Waals surface area contributed by atoms with Crippen LogP contribution in [0.3, 0.4) is 0 Å². The van der Waals surface area contributed by atoms with E-state index in [2.05, 4.69) is 25.7 Å². The van der Waals surface area contributed by atoms with E-state index in [-0.39, 0.29) is 17.7 Å². The third kappa shape index (κ3) is 2.82. The van der Waals surface area contributed by atoms with Crippen LogP contribution in [0.2, 0.25) is 0 Å². The van der Waals surface area contributed by atoms with Gasteiger partial charge in [-0.05, 0) is 25.5 Å². The van der Waals surface area contributed by atoms with E-state index in [1.54, 1.807) is 10.8 Å². The van der Waals surface area contributed by atoms with Gasteiger partial charge < -0.3 is 15.1 Å². The SMILES string of the molecule is Cc1cc(NCCNC(=O)[C@@H]2C[C@H]2c2ccco2)n2ncnc2n1. The maximum Gasteiger partial charge on any atom is 0.254 e. The summed E-state index contributed by atoms with van der Waals surface area (Å²) >= 11 is 0. The normalized spacial score (nSPS) is 19.4. The van der Waals surface area contributed by atoms with Crippen LogP contribution in [-0.4, -0.2) is 38.6 Å². The second-order valence-electron chi connectivity index (χ2n) is 5.94. The van der Waals surface area contributed by atoms with Gasteiger partial charge in [0.1, 0.15) is 17.9 Å². The predicted molar refractivity (Wildman–Crippen MR) is 86.6 cm³/mol. The molecule has 1 aliphatic rings. The molecule has 8 heteroatoms. The molecule has 3 heterocycles. The fourth-order valence-corrected chi connectivity index (χ4v) is 2.87. The summed E-state index contributed by atoms with van der Waals surface area (Å²) in [6.45, 7) is 3.05. The average molecular weight is 326 g/mol. The second kappa shape index (κ2) is 5.95. The van der Waals surface area contributed by atoms with Crippen LogP contribution in [0.5, 0.6) is 0 Å². The zero-order valence-corrected chi connectivity index (χ0v) is 13.3. The first-order valence-corrected chi connectivity index (χ1v) is 7.95. The first kappa shape index (κ1) is 14.7. The van der Waals surface area contributed by atoms with Gasteiger partial charge in [-0.1, -0.05) is 0 Å². The second-order valence-corrected chi connectivity index (χ2v) is 5.94.